The highest BCUT2D eigenvalue weighted by atomic mass is 16.6. The second-order valence-corrected chi connectivity index (χ2v) is 7.37. The van der Waals surface area contributed by atoms with E-state index < -0.39 is 11.2 Å². The molecule has 19 heavy (non-hydrogen) atoms. The highest BCUT2D eigenvalue weighted by Crippen LogP contribution is 2.58. The quantitative estimate of drug-likeness (QED) is 0.540. The molecule has 3 heteroatoms. The summed E-state index contributed by atoms with van der Waals surface area (Å²) in [5, 5.41) is 10.3. The van der Waals surface area contributed by atoms with Crippen molar-refractivity contribution in [2.45, 2.75) is 64.1 Å². The fourth-order valence-corrected chi connectivity index (χ4v) is 4.52. The first-order chi connectivity index (χ1) is 8.76. The molecule has 1 N–H and O–H groups in total. The first-order valence-corrected chi connectivity index (χ1v) is 7.39. The van der Waals surface area contributed by atoms with Gasteiger partial charge in [0.05, 0.1) is 5.60 Å². The minimum atomic E-state index is -0.541. The highest BCUT2D eigenvalue weighted by Gasteiger charge is 2.58. The molecule has 2 aliphatic carbocycles. The van der Waals surface area contributed by atoms with Crippen LogP contribution >= 0.6 is 0 Å². The van der Waals surface area contributed by atoms with Gasteiger partial charge in [-0.1, -0.05) is 13.0 Å². The lowest BCUT2D eigenvalue weighted by Crippen LogP contribution is -2.59. The average Bonchev–Trinajstić information content (AvgIpc) is 2.30. The first-order valence-electron chi connectivity index (χ1n) is 7.39. The predicted molar refractivity (Wildman–Crippen MR) is 72.4 cm³/mol. The van der Waals surface area contributed by atoms with Crippen LogP contribution in [0.15, 0.2) is 12.2 Å². The molecule has 3 nitrogen and oxygen atoms in total. The van der Waals surface area contributed by atoms with Crippen molar-refractivity contribution in [3.05, 3.63) is 12.2 Å². The maximum absolute atomic E-state index is 11.6. The molecule has 0 amide bonds. The Hall–Kier alpha value is -0.830. The zero-order valence-corrected chi connectivity index (χ0v) is 12.1. The molecule has 106 valence electrons. The number of carbonyl (C=O) groups excluding carboxylic acids is 1. The summed E-state index contributed by atoms with van der Waals surface area (Å²) >= 11 is 0. The van der Waals surface area contributed by atoms with Gasteiger partial charge in [0.15, 0.2) is 0 Å². The molecule has 5 unspecified atom stereocenters. The molecular weight excluding hydrogens is 240 g/mol. The van der Waals surface area contributed by atoms with Crippen molar-refractivity contribution in [1.29, 1.82) is 0 Å². The predicted octanol–water partition coefficient (Wildman–Crippen LogP) is 2.83. The molecule has 1 saturated heterocycles. The van der Waals surface area contributed by atoms with Gasteiger partial charge in [-0.2, -0.15) is 0 Å². The molecule has 0 spiro atoms. The van der Waals surface area contributed by atoms with Gasteiger partial charge in [-0.25, -0.2) is 0 Å². The lowest BCUT2D eigenvalue weighted by molar-refractivity contribution is -0.194. The minimum Gasteiger partial charge on any atom is -0.455 e. The molecule has 0 bridgehead atoms. The summed E-state index contributed by atoms with van der Waals surface area (Å²) in [5.41, 5.74) is -0.996. The van der Waals surface area contributed by atoms with Crippen molar-refractivity contribution in [3.63, 3.8) is 0 Å². The lowest BCUT2D eigenvalue weighted by atomic mass is 9.51. The number of ether oxygens (including phenoxy) is 1. The molecule has 0 aromatic heterocycles. The standard InChI is InChI=1S/C16H24O3/c1-14(18)7-5-12-11(10-14)4-9-16(3)15(12,2)8-6-13(17)19-16/h4,9,11-12,18H,5-8,10H2,1-3H3. The monoisotopic (exact) mass is 264 g/mol. The molecule has 0 aromatic carbocycles. The van der Waals surface area contributed by atoms with Crippen LogP contribution in [0.2, 0.25) is 0 Å². The molecule has 1 heterocycles. The summed E-state index contributed by atoms with van der Waals surface area (Å²) in [6.45, 7) is 6.25. The maximum Gasteiger partial charge on any atom is 0.306 e. The Labute approximate surface area is 115 Å². The van der Waals surface area contributed by atoms with Crippen molar-refractivity contribution in [3.8, 4) is 0 Å². The van der Waals surface area contributed by atoms with E-state index in [9.17, 15) is 9.90 Å². The maximum atomic E-state index is 11.6. The fourth-order valence-electron chi connectivity index (χ4n) is 4.52. The van der Waals surface area contributed by atoms with Crippen molar-refractivity contribution in [2.75, 3.05) is 0 Å². The number of hydrogen-bond donors (Lipinski definition) is 1. The van der Waals surface area contributed by atoms with E-state index in [1.54, 1.807) is 0 Å². The van der Waals surface area contributed by atoms with E-state index in [1.807, 2.05) is 13.8 Å². The number of aliphatic hydroxyl groups is 1. The fraction of sp³-hybridized carbons (Fsp3) is 0.812. The summed E-state index contributed by atoms with van der Waals surface area (Å²) in [6, 6.07) is 0. The Bertz CT molecular complexity index is 439. The molecule has 1 aliphatic heterocycles. The van der Waals surface area contributed by atoms with Gasteiger partial charge in [-0.05, 0) is 57.4 Å². The SMILES string of the molecule is CC1(O)CCC2C(C=CC3(C)OC(=O)CCC23C)C1. The summed E-state index contributed by atoms with van der Waals surface area (Å²) in [5.74, 6) is 0.848. The van der Waals surface area contributed by atoms with Crippen LogP contribution in [0.3, 0.4) is 0 Å². The normalized spacial score (nSPS) is 53.2. The summed E-state index contributed by atoms with van der Waals surface area (Å²) in [7, 11) is 0. The minimum absolute atomic E-state index is 0.0107. The van der Waals surface area contributed by atoms with E-state index in [2.05, 4.69) is 19.1 Å². The lowest BCUT2D eigenvalue weighted by Gasteiger charge is -2.58. The Morgan fingerprint density at radius 1 is 1.32 bits per heavy atom. The van der Waals surface area contributed by atoms with Crippen LogP contribution in [-0.4, -0.2) is 22.3 Å². The summed E-state index contributed by atoms with van der Waals surface area (Å²) in [4.78, 5) is 11.6. The molecule has 1 saturated carbocycles. The third-order valence-corrected chi connectivity index (χ3v) is 5.97. The molecule has 3 aliphatic rings. The van der Waals surface area contributed by atoms with Crippen LogP contribution in [0.1, 0.15) is 52.9 Å². The summed E-state index contributed by atoms with van der Waals surface area (Å²) in [6.07, 6.45) is 8.38. The van der Waals surface area contributed by atoms with Crippen LogP contribution in [0.5, 0.6) is 0 Å². The Morgan fingerprint density at radius 3 is 2.79 bits per heavy atom. The molecular formula is C16H24O3. The van der Waals surface area contributed by atoms with E-state index in [-0.39, 0.29) is 11.4 Å². The Balaban J connectivity index is 1.97. The number of rotatable bonds is 0. The van der Waals surface area contributed by atoms with E-state index >= 15 is 0 Å². The van der Waals surface area contributed by atoms with Crippen LogP contribution in [-0.2, 0) is 9.53 Å². The third kappa shape index (κ3) is 1.85. The zero-order chi connectivity index (χ0) is 13.9. The van der Waals surface area contributed by atoms with Crippen LogP contribution < -0.4 is 0 Å². The topological polar surface area (TPSA) is 46.5 Å². The van der Waals surface area contributed by atoms with Crippen LogP contribution in [0.25, 0.3) is 0 Å². The Morgan fingerprint density at radius 2 is 2.05 bits per heavy atom. The van der Waals surface area contributed by atoms with Gasteiger partial charge < -0.3 is 9.84 Å². The van der Waals surface area contributed by atoms with Gasteiger partial charge >= 0.3 is 5.97 Å². The van der Waals surface area contributed by atoms with Crippen LogP contribution in [0.4, 0.5) is 0 Å². The molecule has 2 fully saturated rings. The van der Waals surface area contributed by atoms with E-state index in [0.29, 0.717) is 18.3 Å². The van der Waals surface area contributed by atoms with Crippen molar-refractivity contribution in [2.24, 2.45) is 17.3 Å². The third-order valence-electron chi connectivity index (χ3n) is 5.97. The van der Waals surface area contributed by atoms with Crippen molar-refractivity contribution in [1.82, 2.24) is 0 Å². The van der Waals surface area contributed by atoms with Crippen molar-refractivity contribution >= 4 is 5.97 Å². The van der Waals surface area contributed by atoms with Gasteiger partial charge in [0.2, 0.25) is 0 Å². The first kappa shape index (κ1) is 13.2. The van der Waals surface area contributed by atoms with Crippen molar-refractivity contribution < 1.29 is 14.6 Å². The summed E-state index contributed by atoms with van der Waals surface area (Å²) < 4.78 is 5.69. The number of carbonyl (C=O) groups is 1. The van der Waals surface area contributed by atoms with Gasteiger partial charge in [0.1, 0.15) is 5.60 Å². The van der Waals surface area contributed by atoms with Gasteiger partial charge in [0.25, 0.3) is 0 Å². The van der Waals surface area contributed by atoms with Crippen LogP contribution in [0, 0.1) is 17.3 Å². The van der Waals surface area contributed by atoms with Gasteiger partial charge in [-0.3, -0.25) is 4.79 Å². The highest BCUT2D eigenvalue weighted by molar-refractivity contribution is 5.71. The van der Waals surface area contributed by atoms with E-state index in [1.165, 1.54) is 0 Å². The van der Waals surface area contributed by atoms with Gasteiger partial charge in [0, 0.05) is 11.8 Å². The largest absolute Gasteiger partial charge is 0.455 e. The number of hydrogen-bond acceptors (Lipinski definition) is 3. The molecule has 0 aromatic rings. The van der Waals surface area contributed by atoms with Gasteiger partial charge in [-0.15, -0.1) is 0 Å². The zero-order valence-electron chi connectivity index (χ0n) is 12.1. The Kier molecular flexibility index (Phi) is 2.66. The second-order valence-electron chi connectivity index (χ2n) is 7.37. The average molecular weight is 264 g/mol. The van der Waals surface area contributed by atoms with E-state index in [0.717, 1.165) is 25.7 Å². The number of fused-ring (bicyclic) bond motifs is 3. The smallest absolute Gasteiger partial charge is 0.306 e. The number of esters is 1. The molecule has 5 atom stereocenters. The second kappa shape index (κ2) is 3.85. The molecule has 0 radical (unpaired) electrons. The molecule has 3 rings (SSSR count). The van der Waals surface area contributed by atoms with E-state index in [4.69, 9.17) is 4.74 Å². The number of allylic oxidation sites excluding steroid dienone is 1.